The Hall–Kier alpha value is -1.36. The second kappa shape index (κ2) is 10.6. The first kappa shape index (κ1) is 20.0. The van der Waals surface area contributed by atoms with Crippen molar-refractivity contribution in [3.63, 3.8) is 0 Å². The van der Waals surface area contributed by atoms with Gasteiger partial charge >= 0.3 is 0 Å². The minimum atomic E-state index is 0.0423. The van der Waals surface area contributed by atoms with Gasteiger partial charge in [0.2, 0.25) is 5.91 Å². The summed E-state index contributed by atoms with van der Waals surface area (Å²) in [5.41, 5.74) is 2.20. The van der Waals surface area contributed by atoms with Gasteiger partial charge in [-0.25, -0.2) is 0 Å². The van der Waals surface area contributed by atoms with Crippen molar-refractivity contribution in [2.75, 3.05) is 19.4 Å². The van der Waals surface area contributed by atoms with Gasteiger partial charge in [-0.3, -0.25) is 4.79 Å². The van der Waals surface area contributed by atoms with Gasteiger partial charge in [0.1, 0.15) is 5.75 Å². The predicted octanol–water partition coefficient (Wildman–Crippen LogP) is 4.98. The van der Waals surface area contributed by atoms with E-state index in [9.17, 15) is 4.79 Å². The number of halogens is 2. The summed E-state index contributed by atoms with van der Waals surface area (Å²) in [6.07, 6.45) is 1.80. The van der Waals surface area contributed by atoms with Crippen LogP contribution in [0.2, 0.25) is 10.0 Å². The van der Waals surface area contributed by atoms with Crippen LogP contribution in [0.15, 0.2) is 42.5 Å². The van der Waals surface area contributed by atoms with Crippen LogP contribution in [0.5, 0.6) is 5.75 Å². The van der Waals surface area contributed by atoms with E-state index in [4.69, 9.17) is 27.9 Å². The summed E-state index contributed by atoms with van der Waals surface area (Å²) >= 11 is 13.5. The Labute approximate surface area is 163 Å². The maximum absolute atomic E-state index is 11.9. The minimum Gasteiger partial charge on any atom is -0.497 e. The molecular weight excluding hydrogens is 377 g/mol. The van der Waals surface area contributed by atoms with Crippen molar-refractivity contribution < 1.29 is 9.53 Å². The fourth-order valence-electron chi connectivity index (χ4n) is 2.29. The minimum absolute atomic E-state index is 0.0423. The monoisotopic (exact) mass is 397 g/mol. The number of methoxy groups -OCH3 is 1. The van der Waals surface area contributed by atoms with Crippen molar-refractivity contribution in [3.8, 4) is 5.75 Å². The number of hydrogen-bond acceptors (Lipinski definition) is 3. The summed E-state index contributed by atoms with van der Waals surface area (Å²) in [7, 11) is 1.66. The van der Waals surface area contributed by atoms with E-state index in [0.717, 1.165) is 24.2 Å². The van der Waals surface area contributed by atoms with E-state index >= 15 is 0 Å². The molecule has 25 heavy (non-hydrogen) atoms. The Morgan fingerprint density at radius 3 is 2.80 bits per heavy atom. The second-order valence-electron chi connectivity index (χ2n) is 5.53. The molecule has 2 aromatic carbocycles. The number of carbonyl (C=O) groups excluding carboxylic acids is 1. The summed E-state index contributed by atoms with van der Waals surface area (Å²) < 4.78 is 5.21. The number of thioether (sulfide) groups is 1. The largest absolute Gasteiger partial charge is 0.497 e. The van der Waals surface area contributed by atoms with E-state index in [0.29, 0.717) is 28.1 Å². The normalized spacial score (nSPS) is 10.5. The van der Waals surface area contributed by atoms with Crippen LogP contribution in [0, 0.1) is 0 Å². The van der Waals surface area contributed by atoms with E-state index in [1.807, 2.05) is 30.3 Å². The molecule has 0 radical (unpaired) electrons. The molecule has 0 spiro atoms. The molecule has 1 N–H and O–H groups in total. The lowest BCUT2D eigenvalue weighted by molar-refractivity contribution is -0.118. The Kier molecular flexibility index (Phi) is 8.45. The number of hydrogen-bond donors (Lipinski definition) is 1. The van der Waals surface area contributed by atoms with Gasteiger partial charge in [0.15, 0.2) is 0 Å². The molecule has 0 aliphatic rings. The van der Waals surface area contributed by atoms with Crippen LogP contribution in [0.1, 0.15) is 17.5 Å². The number of carbonyl (C=O) groups is 1. The molecule has 6 heteroatoms. The quantitative estimate of drug-likeness (QED) is 0.605. The van der Waals surface area contributed by atoms with Crippen molar-refractivity contribution in [2.45, 2.75) is 18.6 Å². The lowest BCUT2D eigenvalue weighted by Gasteiger charge is -2.07. The molecule has 3 nitrogen and oxygen atoms in total. The number of ether oxygens (including phenoxy) is 1. The fourth-order valence-corrected chi connectivity index (χ4v) is 3.71. The van der Waals surface area contributed by atoms with Crippen LogP contribution in [0.25, 0.3) is 0 Å². The highest BCUT2D eigenvalue weighted by Crippen LogP contribution is 2.24. The van der Waals surface area contributed by atoms with Gasteiger partial charge in [0.05, 0.1) is 12.9 Å². The van der Waals surface area contributed by atoms with E-state index in [-0.39, 0.29) is 5.91 Å². The summed E-state index contributed by atoms with van der Waals surface area (Å²) in [4.78, 5) is 11.9. The van der Waals surface area contributed by atoms with E-state index in [1.165, 1.54) is 17.3 Å². The average molecular weight is 398 g/mol. The van der Waals surface area contributed by atoms with Gasteiger partial charge < -0.3 is 10.1 Å². The number of aryl methyl sites for hydroxylation is 1. The standard InChI is InChI=1S/C19H21Cl2NO2S/c1-24-17-6-2-4-14(10-17)5-3-9-22-19(23)13-25-12-15-7-8-16(20)11-18(15)21/h2,4,6-8,10-11H,3,5,9,12-13H2,1H3,(H,22,23). The summed E-state index contributed by atoms with van der Waals surface area (Å²) in [6.45, 7) is 0.665. The van der Waals surface area contributed by atoms with Crippen LogP contribution in [-0.2, 0) is 17.0 Å². The Morgan fingerprint density at radius 2 is 2.04 bits per heavy atom. The first-order valence-electron chi connectivity index (χ1n) is 8.00. The summed E-state index contributed by atoms with van der Waals surface area (Å²) in [6, 6.07) is 13.4. The molecular formula is C19H21Cl2NO2S. The molecule has 2 aromatic rings. The lowest BCUT2D eigenvalue weighted by atomic mass is 10.1. The van der Waals surface area contributed by atoms with Crippen molar-refractivity contribution in [1.29, 1.82) is 0 Å². The molecule has 0 bridgehead atoms. The van der Waals surface area contributed by atoms with Crippen molar-refractivity contribution >= 4 is 40.9 Å². The van der Waals surface area contributed by atoms with Crippen LogP contribution < -0.4 is 10.1 Å². The topological polar surface area (TPSA) is 38.3 Å². The van der Waals surface area contributed by atoms with Gasteiger partial charge in [-0.1, -0.05) is 41.4 Å². The van der Waals surface area contributed by atoms with Gasteiger partial charge in [-0.2, -0.15) is 0 Å². The van der Waals surface area contributed by atoms with Crippen LogP contribution in [0.3, 0.4) is 0 Å². The third-order valence-electron chi connectivity index (χ3n) is 3.60. The molecule has 0 heterocycles. The first-order valence-corrected chi connectivity index (χ1v) is 9.91. The Bertz CT molecular complexity index is 710. The highest BCUT2D eigenvalue weighted by Gasteiger charge is 2.05. The average Bonchev–Trinajstić information content (AvgIpc) is 2.61. The van der Waals surface area contributed by atoms with Gasteiger partial charge in [-0.05, 0) is 48.2 Å². The smallest absolute Gasteiger partial charge is 0.230 e. The van der Waals surface area contributed by atoms with Gasteiger partial charge in [-0.15, -0.1) is 11.8 Å². The predicted molar refractivity (Wildman–Crippen MR) is 107 cm³/mol. The summed E-state index contributed by atoms with van der Waals surface area (Å²) in [5.74, 6) is 2.00. The number of benzene rings is 2. The van der Waals surface area contributed by atoms with Crippen LogP contribution in [-0.4, -0.2) is 25.3 Å². The molecule has 0 fully saturated rings. The number of nitrogens with one attached hydrogen (secondary N) is 1. The van der Waals surface area contributed by atoms with Crippen LogP contribution in [0.4, 0.5) is 0 Å². The zero-order chi connectivity index (χ0) is 18.1. The fraction of sp³-hybridized carbons (Fsp3) is 0.316. The van der Waals surface area contributed by atoms with Crippen molar-refractivity contribution in [1.82, 2.24) is 5.32 Å². The SMILES string of the molecule is COc1cccc(CCCNC(=O)CSCc2ccc(Cl)cc2Cl)c1. The second-order valence-corrected chi connectivity index (χ2v) is 7.36. The Morgan fingerprint density at radius 1 is 1.20 bits per heavy atom. The number of rotatable bonds is 9. The van der Waals surface area contributed by atoms with Gasteiger partial charge in [0, 0.05) is 22.3 Å². The van der Waals surface area contributed by atoms with E-state index < -0.39 is 0 Å². The lowest BCUT2D eigenvalue weighted by Crippen LogP contribution is -2.26. The van der Waals surface area contributed by atoms with Crippen molar-refractivity contribution in [3.05, 3.63) is 63.6 Å². The summed E-state index contributed by atoms with van der Waals surface area (Å²) in [5, 5.41) is 4.20. The van der Waals surface area contributed by atoms with E-state index in [1.54, 1.807) is 13.2 Å². The molecule has 0 aliphatic carbocycles. The van der Waals surface area contributed by atoms with Gasteiger partial charge in [0.25, 0.3) is 0 Å². The maximum atomic E-state index is 11.9. The molecule has 0 saturated heterocycles. The third kappa shape index (κ3) is 7.18. The molecule has 134 valence electrons. The Balaban J connectivity index is 1.62. The van der Waals surface area contributed by atoms with E-state index in [2.05, 4.69) is 11.4 Å². The zero-order valence-corrected chi connectivity index (χ0v) is 16.4. The molecule has 0 saturated carbocycles. The molecule has 0 unspecified atom stereocenters. The number of amides is 1. The maximum Gasteiger partial charge on any atom is 0.230 e. The zero-order valence-electron chi connectivity index (χ0n) is 14.1. The first-order chi connectivity index (χ1) is 12.1. The third-order valence-corrected chi connectivity index (χ3v) is 5.17. The highest BCUT2D eigenvalue weighted by atomic mass is 35.5. The highest BCUT2D eigenvalue weighted by molar-refractivity contribution is 7.99. The molecule has 0 atom stereocenters. The molecule has 0 aliphatic heterocycles. The molecule has 1 amide bonds. The van der Waals surface area contributed by atoms with Crippen molar-refractivity contribution in [2.24, 2.45) is 0 Å². The van der Waals surface area contributed by atoms with Crippen LogP contribution >= 0.6 is 35.0 Å². The molecule has 2 rings (SSSR count). The molecule has 0 aromatic heterocycles.